The first kappa shape index (κ1) is 12.2. The fourth-order valence-electron chi connectivity index (χ4n) is 2.02. The van der Waals surface area contributed by atoms with Crippen LogP contribution in [0.25, 0.3) is 0 Å². The zero-order valence-electron chi connectivity index (χ0n) is 11.0. The molecule has 0 spiro atoms. The lowest BCUT2D eigenvalue weighted by Crippen LogP contribution is -2.16. The van der Waals surface area contributed by atoms with Crippen molar-refractivity contribution in [2.24, 2.45) is 0 Å². The summed E-state index contributed by atoms with van der Waals surface area (Å²) in [5, 5.41) is 7.88. The van der Waals surface area contributed by atoms with E-state index in [2.05, 4.69) is 15.4 Å². The number of ether oxygens (including phenoxy) is 1. The highest BCUT2D eigenvalue weighted by Crippen LogP contribution is 2.19. The van der Waals surface area contributed by atoms with Crippen LogP contribution < -0.4 is 10.1 Å². The van der Waals surface area contributed by atoms with Gasteiger partial charge in [0.2, 0.25) is 0 Å². The molecule has 5 nitrogen and oxygen atoms in total. The van der Waals surface area contributed by atoms with Gasteiger partial charge in [-0.2, -0.15) is 5.10 Å². The highest BCUT2D eigenvalue weighted by Gasteiger charge is 2.20. The number of rotatable bonds is 6. The Morgan fingerprint density at radius 2 is 2.21 bits per heavy atom. The molecule has 3 rings (SSSR count). The lowest BCUT2D eigenvalue weighted by Gasteiger charge is -2.07. The fraction of sp³-hybridized carbons (Fsp3) is 0.429. The third kappa shape index (κ3) is 3.12. The largest absolute Gasteiger partial charge is 0.496 e. The SMILES string of the molecule is COc1ccccc1Cn1cnc(CNC2CC2)n1. The van der Waals surface area contributed by atoms with Crippen LogP contribution in [0.5, 0.6) is 5.75 Å². The molecule has 0 saturated heterocycles. The highest BCUT2D eigenvalue weighted by molar-refractivity contribution is 5.33. The van der Waals surface area contributed by atoms with E-state index < -0.39 is 0 Å². The van der Waals surface area contributed by atoms with Gasteiger partial charge in [-0.05, 0) is 18.9 Å². The molecule has 0 aliphatic heterocycles. The van der Waals surface area contributed by atoms with Crippen LogP contribution >= 0.6 is 0 Å². The van der Waals surface area contributed by atoms with Crippen molar-refractivity contribution in [1.82, 2.24) is 20.1 Å². The zero-order chi connectivity index (χ0) is 13.1. The lowest BCUT2D eigenvalue weighted by molar-refractivity contribution is 0.407. The molecule has 1 aliphatic carbocycles. The number of para-hydroxylation sites is 1. The highest BCUT2D eigenvalue weighted by atomic mass is 16.5. The molecule has 1 saturated carbocycles. The van der Waals surface area contributed by atoms with Crippen molar-refractivity contribution in [3.8, 4) is 5.75 Å². The van der Waals surface area contributed by atoms with Gasteiger partial charge in [0.25, 0.3) is 0 Å². The van der Waals surface area contributed by atoms with E-state index in [0.717, 1.165) is 23.7 Å². The number of methoxy groups -OCH3 is 1. The van der Waals surface area contributed by atoms with Crippen molar-refractivity contribution in [3.05, 3.63) is 42.0 Å². The van der Waals surface area contributed by atoms with Crippen LogP contribution in [0, 0.1) is 0 Å². The quantitative estimate of drug-likeness (QED) is 0.855. The van der Waals surface area contributed by atoms with Crippen molar-refractivity contribution in [2.45, 2.75) is 32.0 Å². The maximum atomic E-state index is 5.34. The number of benzene rings is 1. The minimum Gasteiger partial charge on any atom is -0.496 e. The van der Waals surface area contributed by atoms with E-state index in [9.17, 15) is 0 Å². The van der Waals surface area contributed by atoms with Gasteiger partial charge in [-0.15, -0.1) is 0 Å². The fourth-order valence-corrected chi connectivity index (χ4v) is 2.02. The number of aromatic nitrogens is 3. The van der Waals surface area contributed by atoms with Gasteiger partial charge in [-0.1, -0.05) is 18.2 Å². The molecular formula is C14H18N4O. The van der Waals surface area contributed by atoms with Crippen LogP contribution in [0.15, 0.2) is 30.6 Å². The minimum atomic E-state index is 0.681. The normalized spacial score (nSPS) is 14.6. The van der Waals surface area contributed by atoms with Gasteiger partial charge in [0, 0.05) is 11.6 Å². The van der Waals surface area contributed by atoms with E-state index in [4.69, 9.17) is 4.74 Å². The summed E-state index contributed by atoms with van der Waals surface area (Å²) in [7, 11) is 1.69. The predicted molar refractivity (Wildman–Crippen MR) is 72.0 cm³/mol. The molecule has 0 amide bonds. The van der Waals surface area contributed by atoms with Gasteiger partial charge in [-0.3, -0.25) is 0 Å². The first-order valence-corrected chi connectivity index (χ1v) is 6.59. The molecule has 5 heteroatoms. The van der Waals surface area contributed by atoms with Crippen molar-refractivity contribution in [2.75, 3.05) is 7.11 Å². The summed E-state index contributed by atoms with van der Waals surface area (Å²) in [6, 6.07) is 8.66. The second-order valence-electron chi connectivity index (χ2n) is 4.83. The van der Waals surface area contributed by atoms with Crippen LogP contribution in [0.2, 0.25) is 0 Å². The number of nitrogens with zero attached hydrogens (tertiary/aromatic N) is 3. The van der Waals surface area contributed by atoms with Crippen LogP contribution in [0.4, 0.5) is 0 Å². The zero-order valence-corrected chi connectivity index (χ0v) is 11.0. The van der Waals surface area contributed by atoms with Gasteiger partial charge in [-0.25, -0.2) is 9.67 Å². The van der Waals surface area contributed by atoms with Crippen LogP contribution in [0.3, 0.4) is 0 Å². The van der Waals surface area contributed by atoms with Gasteiger partial charge in [0.15, 0.2) is 5.82 Å². The van der Waals surface area contributed by atoms with Crippen LogP contribution in [0.1, 0.15) is 24.2 Å². The summed E-state index contributed by atoms with van der Waals surface area (Å²) in [6.07, 6.45) is 4.33. The van der Waals surface area contributed by atoms with Gasteiger partial charge >= 0.3 is 0 Å². The molecule has 100 valence electrons. The van der Waals surface area contributed by atoms with E-state index in [1.54, 1.807) is 13.4 Å². The molecule has 1 aliphatic rings. The summed E-state index contributed by atoms with van der Waals surface area (Å²) >= 11 is 0. The summed E-state index contributed by atoms with van der Waals surface area (Å²) in [6.45, 7) is 1.43. The molecule has 2 aromatic rings. The third-order valence-electron chi connectivity index (χ3n) is 3.23. The first-order valence-electron chi connectivity index (χ1n) is 6.59. The molecule has 1 fully saturated rings. The van der Waals surface area contributed by atoms with Crippen molar-refractivity contribution >= 4 is 0 Å². The predicted octanol–water partition coefficient (Wildman–Crippen LogP) is 1.59. The summed E-state index contributed by atoms with van der Waals surface area (Å²) < 4.78 is 7.19. The third-order valence-corrected chi connectivity index (χ3v) is 3.23. The Kier molecular flexibility index (Phi) is 3.46. The second-order valence-corrected chi connectivity index (χ2v) is 4.83. The van der Waals surface area contributed by atoms with Crippen LogP contribution in [-0.4, -0.2) is 27.9 Å². The van der Waals surface area contributed by atoms with E-state index in [1.165, 1.54) is 12.8 Å². The summed E-state index contributed by atoms with van der Waals surface area (Å²) in [4.78, 5) is 4.32. The second kappa shape index (κ2) is 5.40. The van der Waals surface area contributed by atoms with Crippen molar-refractivity contribution in [3.63, 3.8) is 0 Å². The average molecular weight is 258 g/mol. The van der Waals surface area contributed by atoms with E-state index in [1.807, 2.05) is 28.9 Å². The van der Waals surface area contributed by atoms with E-state index in [-0.39, 0.29) is 0 Å². The Labute approximate surface area is 112 Å². The Bertz CT molecular complexity index is 548. The van der Waals surface area contributed by atoms with Crippen LogP contribution in [-0.2, 0) is 13.1 Å². The van der Waals surface area contributed by atoms with E-state index in [0.29, 0.717) is 12.6 Å². The molecule has 0 unspecified atom stereocenters. The molecule has 1 aromatic heterocycles. The van der Waals surface area contributed by atoms with Crippen molar-refractivity contribution in [1.29, 1.82) is 0 Å². The Balaban J connectivity index is 1.65. The Morgan fingerprint density at radius 1 is 1.37 bits per heavy atom. The topological polar surface area (TPSA) is 52.0 Å². The molecule has 1 N–H and O–H groups in total. The smallest absolute Gasteiger partial charge is 0.164 e. The standard InChI is InChI=1S/C14H18N4O/c1-19-13-5-3-2-4-11(13)9-18-10-16-14(17-18)8-15-12-6-7-12/h2-5,10,12,15H,6-9H2,1H3. The average Bonchev–Trinajstić information content (AvgIpc) is 3.17. The number of nitrogens with one attached hydrogen (secondary N) is 1. The Hall–Kier alpha value is -1.88. The lowest BCUT2D eigenvalue weighted by atomic mass is 10.2. The van der Waals surface area contributed by atoms with E-state index >= 15 is 0 Å². The first-order chi connectivity index (χ1) is 9.35. The molecule has 1 aromatic carbocycles. The number of hydrogen-bond acceptors (Lipinski definition) is 4. The minimum absolute atomic E-state index is 0.681. The molecule has 19 heavy (non-hydrogen) atoms. The molecular weight excluding hydrogens is 240 g/mol. The molecule has 0 atom stereocenters. The maximum Gasteiger partial charge on any atom is 0.164 e. The summed E-state index contributed by atoms with van der Waals surface area (Å²) in [5.74, 6) is 1.73. The van der Waals surface area contributed by atoms with Gasteiger partial charge in [0.05, 0.1) is 20.2 Å². The monoisotopic (exact) mass is 258 g/mol. The molecule has 0 bridgehead atoms. The number of hydrogen-bond donors (Lipinski definition) is 1. The molecule has 0 radical (unpaired) electrons. The maximum absolute atomic E-state index is 5.34. The molecule has 1 heterocycles. The summed E-state index contributed by atoms with van der Waals surface area (Å²) in [5.41, 5.74) is 1.11. The van der Waals surface area contributed by atoms with Gasteiger partial charge in [0.1, 0.15) is 12.1 Å². The van der Waals surface area contributed by atoms with Gasteiger partial charge < -0.3 is 10.1 Å². The van der Waals surface area contributed by atoms with Crippen molar-refractivity contribution < 1.29 is 4.74 Å². The Morgan fingerprint density at radius 3 is 3.00 bits per heavy atom.